The van der Waals surface area contributed by atoms with Gasteiger partial charge >= 0.3 is 0 Å². The zero-order valence-corrected chi connectivity index (χ0v) is 20.0. The molecule has 0 unspecified atom stereocenters. The normalized spacial score (nSPS) is 14.0. The first-order valence-corrected chi connectivity index (χ1v) is 9.95. The molecular formula is C22H28ClIN4O. The van der Waals surface area contributed by atoms with Crippen LogP contribution in [0.25, 0.3) is 0 Å². The van der Waals surface area contributed by atoms with Crippen LogP contribution in [0.1, 0.15) is 29.5 Å². The van der Waals surface area contributed by atoms with Crippen molar-refractivity contribution < 1.29 is 4.79 Å². The minimum absolute atomic E-state index is 0. The molecule has 0 saturated carbocycles. The highest BCUT2D eigenvalue weighted by Gasteiger charge is 2.20. The summed E-state index contributed by atoms with van der Waals surface area (Å²) in [7, 11) is 3.77. The number of carbonyl (C=O) groups excluding carboxylic acids is 1. The molecule has 3 rings (SSSR count). The van der Waals surface area contributed by atoms with Gasteiger partial charge in [-0.2, -0.15) is 0 Å². The molecule has 1 fully saturated rings. The largest absolute Gasteiger partial charge is 0.352 e. The summed E-state index contributed by atoms with van der Waals surface area (Å²) in [5.41, 5.74) is 3.39. The van der Waals surface area contributed by atoms with Crippen LogP contribution in [-0.4, -0.2) is 42.3 Å². The van der Waals surface area contributed by atoms with Crippen LogP contribution in [0.5, 0.6) is 0 Å². The van der Waals surface area contributed by atoms with E-state index in [1.54, 1.807) is 7.05 Å². The number of nitrogens with zero attached hydrogens (tertiary/aromatic N) is 3. The molecule has 2 aromatic rings. The number of rotatable bonds is 6. The van der Waals surface area contributed by atoms with Gasteiger partial charge in [-0.3, -0.25) is 9.79 Å². The van der Waals surface area contributed by atoms with Gasteiger partial charge in [0.15, 0.2) is 5.96 Å². The van der Waals surface area contributed by atoms with Crippen molar-refractivity contribution in [1.29, 1.82) is 0 Å². The van der Waals surface area contributed by atoms with Gasteiger partial charge in [0, 0.05) is 51.7 Å². The van der Waals surface area contributed by atoms with Crippen LogP contribution in [0, 0.1) is 0 Å². The lowest BCUT2D eigenvalue weighted by Crippen LogP contribution is -2.38. The molecule has 1 saturated heterocycles. The lowest BCUT2D eigenvalue weighted by molar-refractivity contribution is -0.128. The third-order valence-electron chi connectivity index (χ3n) is 4.93. The Morgan fingerprint density at radius 2 is 1.97 bits per heavy atom. The number of hydrogen-bond acceptors (Lipinski definition) is 2. The van der Waals surface area contributed by atoms with E-state index in [4.69, 9.17) is 11.6 Å². The molecule has 1 amide bonds. The summed E-state index contributed by atoms with van der Waals surface area (Å²) in [5.74, 6) is 1.06. The zero-order valence-electron chi connectivity index (χ0n) is 16.9. The van der Waals surface area contributed by atoms with E-state index in [0.29, 0.717) is 26.1 Å². The van der Waals surface area contributed by atoms with Crippen molar-refractivity contribution in [3.63, 3.8) is 0 Å². The predicted octanol–water partition coefficient (Wildman–Crippen LogP) is 4.29. The molecule has 0 spiro atoms. The minimum Gasteiger partial charge on any atom is -0.352 e. The van der Waals surface area contributed by atoms with Crippen LogP contribution in [0.15, 0.2) is 53.5 Å². The average Bonchev–Trinajstić information content (AvgIpc) is 3.09. The molecule has 0 radical (unpaired) electrons. The number of benzene rings is 2. The molecule has 1 N–H and O–H groups in total. The maximum atomic E-state index is 11.8. The van der Waals surface area contributed by atoms with Crippen molar-refractivity contribution in [2.75, 3.05) is 20.6 Å². The van der Waals surface area contributed by atoms with Gasteiger partial charge in [-0.1, -0.05) is 54.1 Å². The number of aliphatic imine (C=N–C) groups is 1. The molecule has 1 heterocycles. The molecular weight excluding hydrogens is 499 g/mol. The van der Waals surface area contributed by atoms with Gasteiger partial charge in [0.05, 0.1) is 0 Å². The summed E-state index contributed by atoms with van der Waals surface area (Å²) in [6.07, 6.45) is 1.64. The second-order valence-electron chi connectivity index (χ2n) is 7.09. The average molecular weight is 527 g/mol. The fourth-order valence-corrected chi connectivity index (χ4v) is 3.65. The smallest absolute Gasteiger partial charge is 0.222 e. The monoisotopic (exact) mass is 526 g/mol. The highest BCUT2D eigenvalue weighted by atomic mass is 127. The van der Waals surface area contributed by atoms with Crippen molar-refractivity contribution in [1.82, 2.24) is 15.1 Å². The number of nitrogens with one attached hydrogen (secondary N) is 1. The lowest BCUT2D eigenvalue weighted by atomic mass is 10.1. The number of guanidine groups is 1. The van der Waals surface area contributed by atoms with Gasteiger partial charge in [-0.25, -0.2) is 0 Å². The van der Waals surface area contributed by atoms with Crippen LogP contribution in [0.2, 0.25) is 5.02 Å². The van der Waals surface area contributed by atoms with Crippen molar-refractivity contribution in [3.8, 4) is 0 Å². The maximum absolute atomic E-state index is 11.8. The Morgan fingerprint density at radius 3 is 2.66 bits per heavy atom. The molecule has 0 bridgehead atoms. The molecule has 156 valence electrons. The molecule has 1 aliphatic heterocycles. The Balaban J connectivity index is 0.00000300. The Kier molecular flexibility index (Phi) is 9.23. The first-order valence-electron chi connectivity index (χ1n) is 9.57. The second-order valence-corrected chi connectivity index (χ2v) is 7.49. The van der Waals surface area contributed by atoms with E-state index in [2.05, 4.69) is 28.5 Å². The molecule has 2 aromatic carbocycles. The summed E-state index contributed by atoms with van der Waals surface area (Å²) in [5, 5.41) is 4.17. The molecule has 7 heteroatoms. The number of likely N-dealkylation sites (tertiary alicyclic amines) is 1. The van der Waals surface area contributed by atoms with E-state index in [1.165, 1.54) is 0 Å². The number of hydrogen-bond donors (Lipinski definition) is 1. The van der Waals surface area contributed by atoms with Crippen LogP contribution < -0.4 is 5.32 Å². The fourth-order valence-electron chi connectivity index (χ4n) is 3.45. The van der Waals surface area contributed by atoms with E-state index in [0.717, 1.165) is 40.6 Å². The minimum atomic E-state index is 0. The first-order chi connectivity index (χ1) is 13.6. The van der Waals surface area contributed by atoms with Gasteiger partial charge in [-0.05, 0) is 29.2 Å². The van der Waals surface area contributed by atoms with E-state index in [9.17, 15) is 4.79 Å². The van der Waals surface area contributed by atoms with Gasteiger partial charge < -0.3 is 15.1 Å². The quantitative estimate of drug-likeness (QED) is 0.347. The van der Waals surface area contributed by atoms with E-state index in [1.807, 2.05) is 47.2 Å². The number of amides is 1. The SMILES string of the molecule is CN=C(NCc1cccc(CN2CCCC2=O)c1)N(C)Cc1ccccc1Cl.I. The van der Waals surface area contributed by atoms with Crippen molar-refractivity contribution in [2.45, 2.75) is 32.5 Å². The summed E-state index contributed by atoms with van der Waals surface area (Å²) < 4.78 is 0. The Hall–Kier alpha value is -1.80. The standard InChI is InChI=1S/C22H27ClN4O.HI/c1-24-22(26(2)16-19-9-3-4-10-20(19)23)25-14-17-7-5-8-18(13-17)15-27-12-6-11-21(27)28;/h3-5,7-10,13H,6,11-12,14-16H2,1-2H3,(H,24,25);1H. The predicted molar refractivity (Wildman–Crippen MR) is 130 cm³/mol. The third kappa shape index (κ3) is 6.60. The number of halogens is 2. The van der Waals surface area contributed by atoms with Crippen LogP contribution in [-0.2, 0) is 24.4 Å². The number of carbonyl (C=O) groups is 1. The molecule has 1 aliphatic rings. The van der Waals surface area contributed by atoms with Gasteiger partial charge in [0.1, 0.15) is 0 Å². The highest BCUT2D eigenvalue weighted by molar-refractivity contribution is 14.0. The van der Waals surface area contributed by atoms with Crippen molar-refractivity contribution >= 4 is 47.4 Å². The van der Waals surface area contributed by atoms with Crippen molar-refractivity contribution in [3.05, 3.63) is 70.2 Å². The topological polar surface area (TPSA) is 47.9 Å². The zero-order chi connectivity index (χ0) is 19.9. The van der Waals surface area contributed by atoms with E-state index >= 15 is 0 Å². The summed E-state index contributed by atoms with van der Waals surface area (Å²) >= 11 is 6.27. The van der Waals surface area contributed by atoms with Crippen LogP contribution in [0.3, 0.4) is 0 Å². The van der Waals surface area contributed by atoms with Crippen LogP contribution >= 0.6 is 35.6 Å². The summed E-state index contributed by atoms with van der Waals surface area (Å²) in [6, 6.07) is 16.2. The van der Waals surface area contributed by atoms with Gasteiger partial charge in [-0.15, -0.1) is 24.0 Å². The van der Waals surface area contributed by atoms with E-state index < -0.39 is 0 Å². The molecule has 29 heavy (non-hydrogen) atoms. The molecule has 5 nitrogen and oxygen atoms in total. The molecule has 0 aliphatic carbocycles. The maximum Gasteiger partial charge on any atom is 0.222 e. The van der Waals surface area contributed by atoms with Gasteiger partial charge in [0.25, 0.3) is 0 Å². The third-order valence-corrected chi connectivity index (χ3v) is 5.29. The second kappa shape index (κ2) is 11.4. The lowest BCUT2D eigenvalue weighted by Gasteiger charge is -2.23. The summed E-state index contributed by atoms with van der Waals surface area (Å²) in [4.78, 5) is 20.2. The van der Waals surface area contributed by atoms with Crippen molar-refractivity contribution in [2.24, 2.45) is 4.99 Å². The van der Waals surface area contributed by atoms with E-state index in [-0.39, 0.29) is 29.9 Å². The Bertz CT molecular complexity index is 858. The Morgan fingerprint density at radius 1 is 1.21 bits per heavy atom. The molecule has 0 aromatic heterocycles. The Labute approximate surface area is 195 Å². The van der Waals surface area contributed by atoms with Crippen LogP contribution in [0.4, 0.5) is 0 Å². The fraction of sp³-hybridized carbons (Fsp3) is 0.364. The molecule has 0 atom stereocenters. The first kappa shape index (κ1) is 23.5. The van der Waals surface area contributed by atoms with Gasteiger partial charge in [0.2, 0.25) is 5.91 Å². The summed E-state index contributed by atoms with van der Waals surface area (Å²) in [6.45, 7) is 2.90. The highest BCUT2D eigenvalue weighted by Crippen LogP contribution is 2.17.